The molecule has 2 rings (SSSR count). The predicted octanol–water partition coefficient (Wildman–Crippen LogP) is 1.47. The maximum atomic E-state index is 9.58. The van der Waals surface area contributed by atoms with Crippen molar-refractivity contribution in [1.82, 2.24) is 0 Å². The third-order valence-corrected chi connectivity index (χ3v) is 1.97. The third kappa shape index (κ3) is 0.830. The Morgan fingerprint density at radius 2 is 2.30 bits per heavy atom. The molecule has 1 saturated carbocycles. The van der Waals surface area contributed by atoms with E-state index < -0.39 is 5.60 Å². The summed E-state index contributed by atoms with van der Waals surface area (Å²) in [5.74, 6) is 0. The average molecular weight is 133 g/mol. The van der Waals surface area contributed by atoms with Gasteiger partial charge in [-0.3, -0.25) is 0 Å². The Balaban J connectivity index is 2.35. The number of hydrogen-bond donors (Lipinski definition) is 1. The van der Waals surface area contributed by atoms with Gasteiger partial charge in [-0.25, -0.2) is 0 Å². The van der Waals surface area contributed by atoms with Crippen LogP contribution in [-0.4, -0.2) is 5.11 Å². The first-order valence-corrected chi connectivity index (χ1v) is 3.50. The summed E-state index contributed by atoms with van der Waals surface area (Å²) in [6.45, 7) is 0. The van der Waals surface area contributed by atoms with E-state index in [1.807, 2.05) is 24.3 Å². The Morgan fingerprint density at radius 3 is 2.80 bits per heavy atom. The summed E-state index contributed by atoms with van der Waals surface area (Å²) in [4.78, 5) is 0. The number of rotatable bonds is 1. The molecule has 51 valence electrons. The Labute approximate surface area is 60.3 Å². The molecule has 0 amide bonds. The third-order valence-electron chi connectivity index (χ3n) is 1.97. The Morgan fingerprint density at radius 1 is 1.50 bits per heavy atom. The average Bonchev–Trinajstić information content (AvgIpc) is 2.72. The fourth-order valence-corrected chi connectivity index (χ4v) is 1.09. The van der Waals surface area contributed by atoms with E-state index in [2.05, 4.69) is 6.07 Å². The molecule has 1 aliphatic carbocycles. The lowest BCUT2D eigenvalue weighted by Crippen LogP contribution is -2.02. The Hall–Kier alpha value is -0.820. The summed E-state index contributed by atoms with van der Waals surface area (Å²) in [5, 5.41) is 9.58. The van der Waals surface area contributed by atoms with Crippen LogP contribution >= 0.6 is 0 Å². The van der Waals surface area contributed by atoms with E-state index in [1.54, 1.807) is 0 Å². The van der Waals surface area contributed by atoms with Gasteiger partial charge in [0.15, 0.2) is 0 Å². The summed E-state index contributed by atoms with van der Waals surface area (Å²) < 4.78 is 0. The normalized spacial score (nSPS) is 20.5. The zero-order chi connectivity index (χ0) is 7.03. The minimum Gasteiger partial charge on any atom is -0.385 e. The van der Waals surface area contributed by atoms with Crippen LogP contribution in [-0.2, 0) is 5.60 Å². The van der Waals surface area contributed by atoms with Gasteiger partial charge in [-0.1, -0.05) is 18.2 Å². The minimum absolute atomic E-state index is 0.488. The monoisotopic (exact) mass is 133 g/mol. The van der Waals surface area contributed by atoms with Gasteiger partial charge in [0, 0.05) is 0 Å². The zero-order valence-electron chi connectivity index (χ0n) is 5.67. The molecule has 1 aromatic rings. The second-order valence-corrected chi connectivity index (χ2v) is 2.82. The van der Waals surface area contributed by atoms with Crippen LogP contribution in [0.5, 0.6) is 0 Å². The maximum absolute atomic E-state index is 9.58. The van der Waals surface area contributed by atoms with Crippen molar-refractivity contribution in [3.8, 4) is 0 Å². The standard InChI is InChI=1S/C9H9O/c10-9(6-7-9)8-4-2-1-3-5-8/h1-2,4-5,10H,6-7H2. The molecule has 10 heavy (non-hydrogen) atoms. The number of hydrogen-bond acceptors (Lipinski definition) is 1. The molecule has 1 radical (unpaired) electrons. The van der Waals surface area contributed by atoms with E-state index in [4.69, 9.17) is 0 Å². The summed E-state index contributed by atoms with van der Waals surface area (Å²) in [6.07, 6.45) is 1.82. The van der Waals surface area contributed by atoms with Crippen molar-refractivity contribution in [2.24, 2.45) is 0 Å². The highest BCUT2D eigenvalue weighted by atomic mass is 16.3. The topological polar surface area (TPSA) is 20.2 Å². The van der Waals surface area contributed by atoms with Crippen LogP contribution in [0, 0.1) is 6.07 Å². The van der Waals surface area contributed by atoms with Crippen LogP contribution in [0.15, 0.2) is 24.3 Å². The number of aliphatic hydroxyl groups is 1. The van der Waals surface area contributed by atoms with Crippen LogP contribution < -0.4 is 0 Å². The highest BCUT2D eigenvalue weighted by molar-refractivity contribution is 5.26. The van der Waals surface area contributed by atoms with E-state index >= 15 is 0 Å². The molecule has 0 heterocycles. The second-order valence-electron chi connectivity index (χ2n) is 2.82. The maximum Gasteiger partial charge on any atom is 0.0899 e. The van der Waals surface area contributed by atoms with E-state index in [9.17, 15) is 5.11 Å². The van der Waals surface area contributed by atoms with E-state index in [0.717, 1.165) is 18.4 Å². The van der Waals surface area contributed by atoms with Crippen molar-refractivity contribution in [2.75, 3.05) is 0 Å². The molecule has 0 bridgehead atoms. The molecular formula is C9H9O. The van der Waals surface area contributed by atoms with Crippen molar-refractivity contribution < 1.29 is 5.11 Å². The highest BCUT2D eigenvalue weighted by Crippen LogP contribution is 2.44. The molecule has 1 N–H and O–H groups in total. The Kier molecular flexibility index (Phi) is 1.08. The highest BCUT2D eigenvalue weighted by Gasteiger charge is 2.41. The smallest absolute Gasteiger partial charge is 0.0899 e. The fourth-order valence-electron chi connectivity index (χ4n) is 1.09. The van der Waals surface area contributed by atoms with E-state index in [1.165, 1.54) is 0 Å². The lowest BCUT2D eigenvalue weighted by Gasteiger charge is -2.05. The largest absolute Gasteiger partial charge is 0.385 e. The molecule has 0 spiro atoms. The SMILES string of the molecule is OC1(c2c[c]ccc2)CC1. The van der Waals surface area contributed by atoms with Gasteiger partial charge in [-0.05, 0) is 30.5 Å². The summed E-state index contributed by atoms with van der Waals surface area (Å²) in [5.41, 5.74) is 0.521. The summed E-state index contributed by atoms with van der Waals surface area (Å²) in [6, 6.07) is 10.5. The van der Waals surface area contributed by atoms with E-state index in [-0.39, 0.29) is 0 Å². The van der Waals surface area contributed by atoms with Gasteiger partial charge >= 0.3 is 0 Å². The van der Waals surface area contributed by atoms with Gasteiger partial charge in [0.2, 0.25) is 0 Å². The lowest BCUT2D eigenvalue weighted by molar-refractivity contribution is 0.151. The first-order valence-electron chi connectivity index (χ1n) is 3.50. The van der Waals surface area contributed by atoms with Gasteiger partial charge in [-0.2, -0.15) is 0 Å². The van der Waals surface area contributed by atoms with Crippen molar-refractivity contribution >= 4 is 0 Å². The van der Waals surface area contributed by atoms with Crippen LogP contribution in [0.2, 0.25) is 0 Å². The van der Waals surface area contributed by atoms with Crippen molar-refractivity contribution in [1.29, 1.82) is 0 Å². The zero-order valence-corrected chi connectivity index (χ0v) is 5.67. The van der Waals surface area contributed by atoms with Gasteiger partial charge in [0.1, 0.15) is 0 Å². The molecule has 1 aliphatic rings. The minimum atomic E-state index is -0.488. The predicted molar refractivity (Wildman–Crippen MR) is 38.4 cm³/mol. The summed E-state index contributed by atoms with van der Waals surface area (Å²) >= 11 is 0. The van der Waals surface area contributed by atoms with Crippen LogP contribution in [0.1, 0.15) is 18.4 Å². The van der Waals surface area contributed by atoms with Crippen LogP contribution in [0.3, 0.4) is 0 Å². The molecule has 0 aliphatic heterocycles. The van der Waals surface area contributed by atoms with Crippen molar-refractivity contribution in [3.05, 3.63) is 35.9 Å². The molecule has 1 fully saturated rings. The quantitative estimate of drug-likeness (QED) is 0.615. The number of benzene rings is 1. The van der Waals surface area contributed by atoms with Gasteiger partial charge < -0.3 is 5.11 Å². The molecule has 1 aromatic carbocycles. The molecular weight excluding hydrogens is 124 g/mol. The van der Waals surface area contributed by atoms with Gasteiger partial charge in [-0.15, -0.1) is 0 Å². The lowest BCUT2D eigenvalue weighted by atomic mass is 10.1. The van der Waals surface area contributed by atoms with Gasteiger partial charge in [0.05, 0.1) is 5.60 Å². The molecule has 0 atom stereocenters. The van der Waals surface area contributed by atoms with Gasteiger partial charge in [0.25, 0.3) is 0 Å². The Bertz CT molecular complexity index is 224. The summed E-state index contributed by atoms with van der Waals surface area (Å²) in [7, 11) is 0. The first-order chi connectivity index (χ1) is 4.81. The van der Waals surface area contributed by atoms with Crippen molar-refractivity contribution in [3.63, 3.8) is 0 Å². The fraction of sp³-hybridized carbons (Fsp3) is 0.333. The second kappa shape index (κ2) is 1.83. The first kappa shape index (κ1) is 5.93. The van der Waals surface area contributed by atoms with Crippen molar-refractivity contribution in [2.45, 2.75) is 18.4 Å². The van der Waals surface area contributed by atoms with E-state index in [0.29, 0.717) is 0 Å². The van der Waals surface area contributed by atoms with Crippen LogP contribution in [0.4, 0.5) is 0 Å². The molecule has 1 nitrogen and oxygen atoms in total. The molecule has 1 heteroatoms. The van der Waals surface area contributed by atoms with Crippen LogP contribution in [0.25, 0.3) is 0 Å². The molecule has 0 saturated heterocycles. The molecule has 0 unspecified atom stereocenters. The molecule has 0 aromatic heterocycles.